The third kappa shape index (κ3) is 6.17. The number of nitrogens with zero attached hydrogens (tertiary/aromatic N) is 4. The highest BCUT2D eigenvalue weighted by Crippen LogP contribution is 2.66. The van der Waals surface area contributed by atoms with Gasteiger partial charge < -0.3 is 29.4 Å². The molecule has 3 unspecified atom stereocenters. The molecule has 50 heavy (non-hydrogen) atoms. The summed E-state index contributed by atoms with van der Waals surface area (Å²) in [6, 6.07) is 16.0. The number of likely N-dealkylation sites (tertiary alicyclic amines) is 1. The van der Waals surface area contributed by atoms with Gasteiger partial charge in [0.15, 0.2) is 0 Å². The van der Waals surface area contributed by atoms with E-state index in [-0.39, 0.29) is 42.7 Å². The van der Waals surface area contributed by atoms with E-state index in [0.29, 0.717) is 31.6 Å². The number of carbonyl (C=O) groups is 3. The molecule has 270 valence electrons. The molecule has 2 bridgehead atoms. The van der Waals surface area contributed by atoms with Crippen LogP contribution in [0.15, 0.2) is 79.9 Å². The van der Waals surface area contributed by atoms with Gasteiger partial charge in [-0.1, -0.05) is 69.7 Å². The van der Waals surface area contributed by atoms with E-state index in [0.717, 1.165) is 24.3 Å². The molecule has 8 atom stereocenters. The lowest BCUT2D eigenvalue weighted by Gasteiger charge is -2.41. The third-order valence-electron chi connectivity index (χ3n) is 11.8. The Morgan fingerprint density at radius 3 is 2.18 bits per heavy atom. The number of benzene rings is 2. The molecule has 3 amide bonds. The average molecular weight is 685 g/mol. The summed E-state index contributed by atoms with van der Waals surface area (Å²) in [6.45, 7) is 22.4. The van der Waals surface area contributed by atoms with E-state index in [4.69, 9.17) is 4.74 Å². The van der Waals surface area contributed by atoms with Gasteiger partial charge >= 0.3 is 0 Å². The van der Waals surface area contributed by atoms with Crippen molar-refractivity contribution in [2.45, 2.75) is 84.2 Å². The van der Waals surface area contributed by atoms with Crippen LogP contribution in [0, 0.1) is 23.7 Å². The molecule has 2 aromatic carbocycles. The average Bonchev–Trinajstić information content (AvgIpc) is 3.64. The number of rotatable bonds is 16. The number of aliphatic hydroxyl groups is 1. The first-order chi connectivity index (χ1) is 24.0. The number of aliphatic hydroxyl groups excluding tert-OH is 1. The molecule has 3 saturated heterocycles. The molecule has 1 N–H and O–H groups in total. The van der Waals surface area contributed by atoms with Crippen LogP contribution in [-0.4, -0.2) is 88.7 Å². The van der Waals surface area contributed by atoms with Gasteiger partial charge in [0.2, 0.25) is 11.8 Å². The molecule has 3 aliphatic heterocycles. The van der Waals surface area contributed by atoms with Gasteiger partial charge in [0.05, 0.1) is 30.1 Å². The summed E-state index contributed by atoms with van der Waals surface area (Å²) in [5.41, 5.74) is 0.478. The van der Waals surface area contributed by atoms with Crippen LogP contribution in [0.4, 0.5) is 11.4 Å². The molecule has 2 aromatic rings. The van der Waals surface area contributed by atoms with Crippen LogP contribution in [0.3, 0.4) is 0 Å². The molecular weight excluding hydrogens is 628 g/mol. The summed E-state index contributed by atoms with van der Waals surface area (Å²) in [5.74, 6) is -2.71. The van der Waals surface area contributed by atoms with Gasteiger partial charge in [-0.3, -0.25) is 14.4 Å². The Morgan fingerprint density at radius 2 is 1.62 bits per heavy atom. The highest BCUT2D eigenvalue weighted by atomic mass is 16.5. The standard InChI is InChI=1S/C41H56N4O5/c1-9-23-43(26-30-17-15-14-16-18-30)37(47)34-35-38(48)45(33(27-46)28(6)11-3)36(41(35)25-29(7)40(34,8)50-41)39(49)44(24-10-2)32-21-19-31(20-22-32)42(12-4)13-5/h9-10,14-22,28-29,33-36,46H,1-2,11-13,23-27H2,3-8H3/t28-,29?,33-,34-,35-,36?,40+,41?/m0/s1. The predicted molar refractivity (Wildman–Crippen MR) is 199 cm³/mol. The van der Waals surface area contributed by atoms with Gasteiger partial charge in [0, 0.05) is 44.1 Å². The van der Waals surface area contributed by atoms with Crippen molar-refractivity contribution in [3.63, 3.8) is 0 Å². The van der Waals surface area contributed by atoms with Gasteiger partial charge in [-0.2, -0.15) is 0 Å². The quantitative estimate of drug-likeness (QED) is 0.229. The number of ether oxygens (including phenoxy) is 1. The number of anilines is 2. The second-order valence-electron chi connectivity index (χ2n) is 14.5. The molecule has 9 nitrogen and oxygen atoms in total. The number of amides is 3. The molecule has 0 saturated carbocycles. The van der Waals surface area contributed by atoms with Crippen LogP contribution in [0.25, 0.3) is 0 Å². The summed E-state index contributed by atoms with van der Waals surface area (Å²) < 4.78 is 7.08. The molecule has 3 fully saturated rings. The Balaban J connectivity index is 1.62. The molecule has 0 radical (unpaired) electrons. The fraction of sp³-hybridized carbons (Fsp3) is 0.537. The monoisotopic (exact) mass is 684 g/mol. The third-order valence-corrected chi connectivity index (χ3v) is 11.8. The largest absolute Gasteiger partial charge is 0.394 e. The van der Waals surface area contributed by atoms with Crippen LogP contribution in [0.2, 0.25) is 0 Å². The van der Waals surface area contributed by atoms with Crippen molar-refractivity contribution in [2.75, 3.05) is 42.6 Å². The fourth-order valence-corrected chi connectivity index (χ4v) is 8.92. The summed E-state index contributed by atoms with van der Waals surface area (Å²) >= 11 is 0. The zero-order valence-corrected chi connectivity index (χ0v) is 30.8. The minimum Gasteiger partial charge on any atom is -0.394 e. The van der Waals surface area contributed by atoms with Crippen molar-refractivity contribution >= 4 is 29.1 Å². The SMILES string of the molecule is C=CCN(Cc1ccccc1)C(=O)[C@@H]1[C@H]2C(=O)N([C@@H](CO)[C@@H](C)CC)C(C(=O)N(CC=C)c3ccc(N(CC)CC)cc3)C23CC(C)[C@@]1(C)O3. The Morgan fingerprint density at radius 1 is 1.00 bits per heavy atom. The summed E-state index contributed by atoms with van der Waals surface area (Å²) in [4.78, 5) is 52.4. The molecule has 0 aliphatic carbocycles. The van der Waals surface area contributed by atoms with Crippen LogP contribution < -0.4 is 9.80 Å². The van der Waals surface area contributed by atoms with Gasteiger partial charge in [-0.25, -0.2) is 0 Å². The van der Waals surface area contributed by atoms with Crippen LogP contribution in [-0.2, 0) is 25.7 Å². The maximum Gasteiger partial charge on any atom is 0.253 e. The smallest absolute Gasteiger partial charge is 0.253 e. The zero-order chi connectivity index (χ0) is 36.4. The van der Waals surface area contributed by atoms with E-state index in [2.05, 4.69) is 38.8 Å². The second kappa shape index (κ2) is 15.1. The van der Waals surface area contributed by atoms with Gasteiger partial charge in [-0.15, -0.1) is 13.2 Å². The minimum absolute atomic E-state index is 0.106. The van der Waals surface area contributed by atoms with E-state index < -0.39 is 35.1 Å². The van der Waals surface area contributed by atoms with Gasteiger partial charge in [-0.05, 0) is 68.9 Å². The van der Waals surface area contributed by atoms with Crippen LogP contribution in [0.1, 0.15) is 59.9 Å². The van der Waals surface area contributed by atoms with E-state index >= 15 is 9.59 Å². The maximum absolute atomic E-state index is 15.2. The second-order valence-corrected chi connectivity index (χ2v) is 14.5. The summed E-state index contributed by atoms with van der Waals surface area (Å²) in [6.07, 6.45) is 4.52. The topological polar surface area (TPSA) is 93.6 Å². The van der Waals surface area contributed by atoms with E-state index in [1.165, 1.54) is 0 Å². The minimum atomic E-state index is -1.25. The van der Waals surface area contributed by atoms with E-state index in [9.17, 15) is 9.90 Å². The number of hydrogen-bond donors (Lipinski definition) is 1. The summed E-state index contributed by atoms with van der Waals surface area (Å²) in [5, 5.41) is 10.9. The number of carbonyl (C=O) groups excluding carboxylic acids is 3. The highest BCUT2D eigenvalue weighted by Gasteiger charge is 2.80. The van der Waals surface area contributed by atoms with E-state index in [1.807, 2.05) is 75.4 Å². The van der Waals surface area contributed by atoms with Crippen molar-refractivity contribution in [1.29, 1.82) is 0 Å². The van der Waals surface area contributed by atoms with Gasteiger partial charge in [0.1, 0.15) is 11.6 Å². The van der Waals surface area contributed by atoms with Crippen molar-refractivity contribution in [1.82, 2.24) is 9.80 Å². The molecule has 5 rings (SSSR count). The number of fused-ring (bicyclic) bond motifs is 1. The van der Waals surface area contributed by atoms with Crippen LogP contribution in [0.5, 0.6) is 0 Å². The van der Waals surface area contributed by atoms with Crippen molar-refractivity contribution in [3.05, 3.63) is 85.5 Å². The van der Waals surface area contributed by atoms with Crippen molar-refractivity contribution < 1.29 is 24.2 Å². The Kier molecular flexibility index (Phi) is 11.3. The number of hydrogen-bond acceptors (Lipinski definition) is 6. The zero-order valence-electron chi connectivity index (χ0n) is 30.8. The lowest BCUT2D eigenvalue weighted by molar-refractivity contribution is -0.155. The lowest BCUT2D eigenvalue weighted by atomic mass is 9.62. The fourth-order valence-electron chi connectivity index (χ4n) is 8.92. The highest BCUT2D eigenvalue weighted by molar-refractivity contribution is 6.05. The summed E-state index contributed by atoms with van der Waals surface area (Å²) in [7, 11) is 0. The molecule has 1 spiro atoms. The Hall–Kier alpha value is -3.95. The Labute approximate surface area is 298 Å². The van der Waals surface area contributed by atoms with Crippen molar-refractivity contribution in [3.8, 4) is 0 Å². The van der Waals surface area contributed by atoms with Gasteiger partial charge in [0.25, 0.3) is 5.91 Å². The Bertz CT molecular complexity index is 1540. The van der Waals surface area contributed by atoms with Crippen molar-refractivity contribution in [2.24, 2.45) is 23.7 Å². The van der Waals surface area contributed by atoms with Crippen LogP contribution >= 0.6 is 0 Å². The first-order valence-corrected chi connectivity index (χ1v) is 18.3. The molecule has 9 heteroatoms. The predicted octanol–water partition coefficient (Wildman–Crippen LogP) is 5.68. The molecule has 0 aromatic heterocycles. The normalized spacial score (nSPS) is 27.8. The van der Waals surface area contributed by atoms with E-state index in [1.54, 1.807) is 26.9 Å². The maximum atomic E-state index is 15.2. The first kappa shape index (κ1) is 37.3. The molecule has 3 aliphatic rings. The lowest BCUT2D eigenvalue weighted by Crippen LogP contribution is -2.60. The first-order valence-electron chi connectivity index (χ1n) is 18.3. The molecule has 3 heterocycles. The molecular formula is C41H56N4O5.